The van der Waals surface area contributed by atoms with Crippen LogP contribution in [0.2, 0.25) is 0 Å². The molecule has 0 saturated carbocycles. The fourth-order valence-corrected chi connectivity index (χ4v) is 3.00. The first-order valence-corrected chi connectivity index (χ1v) is 11.3. The van der Waals surface area contributed by atoms with Gasteiger partial charge in [0.05, 0.1) is 0 Å². The van der Waals surface area contributed by atoms with Gasteiger partial charge in [0.15, 0.2) is 0 Å². The zero-order chi connectivity index (χ0) is 21.0. The molecule has 28 heavy (non-hydrogen) atoms. The lowest BCUT2D eigenvalue weighted by Gasteiger charge is -2.12. The average molecular weight is 397 g/mol. The number of hydrogen-bond donors (Lipinski definition) is 2. The molecular weight excluding hydrogens is 352 g/mol. The molecule has 2 N–H and O–H groups in total. The summed E-state index contributed by atoms with van der Waals surface area (Å²) < 4.78 is 5.00. The summed E-state index contributed by atoms with van der Waals surface area (Å²) in [5.41, 5.74) is 0.626. The Labute approximate surface area is 173 Å². The Hall–Kier alpha value is -1.29. The Kier molecular flexibility index (Phi) is 18.2. The first-order chi connectivity index (χ1) is 13.5. The third-order valence-corrected chi connectivity index (χ3v) is 4.87. The molecule has 4 heteroatoms. The first-order valence-electron chi connectivity index (χ1n) is 11.3. The second kappa shape index (κ2) is 19.0. The zero-order valence-corrected chi connectivity index (χ0v) is 18.5. The van der Waals surface area contributed by atoms with Gasteiger partial charge >= 0.3 is 5.97 Å². The number of aliphatic hydroxyl groups is 2. The number of carbonyl (C=O) groups excluding carboxylic acids is 1. The van der Waals surface area contributed by atoms with Gasteiger partial charge < -0.3 is 14.9 Å². The van der Waals surface area contributed by atoms with Crippen molar-refractivity contribution < 1.29 is 19.7 Å². The Morgan fingerprint density at radius 2 is 1.36 bits per heavy atom. The van der Waals surface area contributed by atoms with E-state index in [9.17, 15) is 15.0 Å². The molecule has 0 aliphatic carbocycles. The summed E-state index contributed by atoms with van der Waals surface area (Å²) in [6.07, 6.45) is 19.8. The van der Waals surface area contributed by atoms with Crippen LogP contribution in [0.1, 0.15) is 111 Å². The summed E-state index contributed by atoms with van der Waals surface area (Å²) in [5.74, 6) is -0.424. The van der Waals surface area contributed by atoms with Gasteiger partial charge in [0.25, 0.3) is 0 Å². The van der Waals surface area contributed by atoms with Crippen molar-refractivity contribution in [1.82, 2.24) is 0 Å². The molecule has 0 rings (SSSR count). The van der Waals surface area contributed by atoms with E-state index in [4.69, 9.17) is 4.74 Å². The van der Waals surface area contributed by atoms with E-state index in [1.807, 2.05) is 0 Å². The number of carbonyl (C=O) groups is 1. The third-order valence-electron chi connectivity index (χ3n) is 4.87. The number of esters is 1. The van der Waals surface area contributed by atoms with Gasteiger partial charge in [0, 0.05) is 6.42 Å². The van der Waals surface area contributed by atoms with Crippen LogP contribution in [0.4, 0.5) is 0 Å². The van der Waals surface area contributed by atoms with Crippen molar-refractivity contribution in [2.45, 2.75) is 117 Å². The van der Waals surface area contributed by atoms with Gasteiger partial charge in [0.2, 0.25) is 0 Å². The van der Waals surface area contributed by atoms with E-state index in [1.54, 1.807) is 13.8 Å². The molecule has 0 heterocycles. The van der Waals surface area contributed by atoms with Crippen LogP contribution in [-0.4, -0.2) is 28.9 Å². The lowest BCUT2D eigenvalue weighted by molar-refractivity contribution is -0.146. The van der Waals surface area contributed by atoms with E-state index >= 15 is 0 Å². The van der Waals surface area contributed by atoms with Gasteiger partial charge in [-0.05, 0) is 51.5 Å². The molecule has 0 radical (unpaired) electrons. The van der Waals surface area contributed by atoms with Crippen LogP contribution in [0.25, 0.3) is 0 Å². The van der Waals surface area contributed by atoms with Crippen LogP contribution >= 0.6 is 0 Å². The van der Waals surface area contributed by atoms with E-state index in [1.165, 1.54) is 57.8 Å². The van der Waals surface area contributed by atoms with E-state index in [0.717, 1.165) is 25.7 Å². The quantitative estimate of drug-likeness (QED) is 0.116. The van der Waals surface area contributed by atoms with Crippen LogP contribution in [-0.2, 0) is 9.53 Å². The molecule has 0 aliphatic heterocycles. The standard InChI is InChI=1S/C24H44O4/c1-4-5-6-7-8-9-10-11-12-13-14-15-16-17-18-19-23(26)28-20-22(25)24(27)21(2)3/h11-12,22,25,27H,4-10,13-20H2,1-3H3/b12-11-. The molecule has 0 fully saturated rings. The van der Waals surface area contributed by atoms with Crippen molar-refractivity contribution in [1.29, 1.82) is 0 Å². The highest BCUT2D eigenvalue weighted by atomic mass is 16.5. The Morgan fingerprint density at radius 3 is 1.89 bits per heavy atom. The van der Waals surface area contributed by atoms with Crippen LogP contribution in [0.3, 0.4) is 0 Å². The molecule has 1 unspecified atom stereocenters. The van der Waals surface area contributed by atoms with Crippen molar-refractivity contribution in [2.24, 2.45) is 0 Å². The summed E-state index contributed by atoms with van der Waals surface area (Å²) in [7, 11) is 0. The zero-order valence-electron chi connectivity index (χ0n) is 18.5. The van der Waals surface area contributed by atoms with Gasteiger partial charge in [-0.2, -0.15) is 0 Å². The number of rotatable bonds is 18. The second-order valence-electron chi connectivity index (χ2n) is 7.92. The molecule has 0 aliphatic rings. The highest BCUT2D eigenvalue weighted by Crippen LogP contribution is 2.11. The van der Waals surface area contributed by atoms with E-state index in [0.29, 0.717) is 12.0 Å². The number of unbranched alkanes of at least 4 members (excludes halogenated alkanes) is 11. The minimum atomic E-state index is -1.12. The minimum absolute atomic E-state index is 0.117. The average Bonchev–Trinajstić information content (AvgIpc) is 2.68. The molecule has 0 aromatic rings. The fraction of sp³-hybridized carbons (Fsp3) is 0.792. The minimum Gasteiger partial charge on any atom is -0.509 e. The van der Waals surface area contributed by atoms with Gasteiger partial charge in [-0.25, -0.2) is 0 Å². The molecular formula is C24H44O4. The van der Waals surface area contributed by atoms with Crippen molar-refractivity contribution in [3.05, 3.63) is 23.5 Å². The monoisotopic (exact) mass is 396 g/mol. The summed E-state index contributed by atoms with van der Waals surface area (Å²) >= 11 is 0. The van der Waals surface area contributed by atoms with Crippen molar-refractivity contribution in [3.8, 4) is 0 Å². The Bertz CT molecular complexity index is 436. The predicted molar refractivity (Wildman–Crippen MR) is 117 cm³/mol. The molecule has 0 amide bonds. The number of hydrogen-bond acceptors (Lipinski definition) is 4. The van der Waals surface area contributed by atoms with Crippen molar-refractivity contribution >= 4 is 5.97 Å². The summed E-state index contributed by atoms with van der Waals surface area (Å²) in [6, 6.07) is 0. The number of allylic oxidation sites excluding steroid dienone is 3. The van der Waals surface area contributed by atoms with Crippen LogP contribution in [0.5, 0.6) is 0 Å². The van der Waals surface area contributed by atoms with Crippen molar-refractivity contribution in [2.75, 3.05) is 6.61 Å². The second-order valence-corrected chi connectivity index (χ2v) is 7.92. The lowest BCUT2D eigenvalue weighted by Crippen LogP contribution is -2.21. The topological polar surface area (TPSA) is 66.8 Å². The molecule has 1 atom stereocenters. The van der Waals surface area contributed by atoms with E-state index < -0.39 is 6.10 Å². The van der Waals surface area contributed by atoms with Crippen LogP contribution in [0.15, 0.2) is 23.5 Å². The smallest absolute Gasteiger partial charge is 0.305 e. The maximum atomic E-state index is 11.6. The lowest BCUT2D eigenvalue weighted by atomic mass is 10.1. The molecule has 0 aromatic heterocycles. The molecule has 0 aromatic carbocycles. The summed E-state index contributed by atoms with van der Waals surface area (Å²) in [5, 5.41) is 19.2. The van der Waals surface area contributed by atoms with Gasteiger partial charge in [-0.3, -0.25) is 4.79 Å². The largest absolute Gasteiger partial charge is 0.509 e. The SMILES string of the molecule is CCCCCCCC/C=C\CCCCCCCC(=O)OCC(O)C(O)=C(C)C. The fourth-order valence-electron chi connectivity index (χ4n) is 3.00. The highest BCUT2D eigenvalue weighted by molar-refractivity contribution is 5.69. The normalized spacial score (nSPS) is 12.3. The molecule has 164 valence electrons. The predicted octanol–water partition coefficient (Wildman–Crippen LogP) is 6.78. The van der Waals surface area contributed by atoms with Crippen LogP contribution < -0.4 is 0 Å². The van der Waals surface area contributed by atoms with E-state index in [2.05, 4.69) is 19.1 Å². The first kappa shape index (κ1) is 26.7. The molecule has 0 saturated heterocycles. The van der Waals surface area contributed by atoms with Gasteiger partial charge in [0.1, 0.15) is 18.5 Å². The van der Waals surface area contributed by atoms with Crippen LogP contribution in [0, 0.1) is 0 Å². The molecule has 0 spiro atoms. The Balaban J connectivity index is 3.42. The van der Waals surface area contributed by atoms with Gasteiger partial charge in [-0.1, -0.05) is 70.4 Å². The Morgan fingerprint density at radius 1 is 0.857 bits per heavy atom. The molecule has 4 nitrogen and oxygen atoms in total. The summed E-state index contributed by atoms with van der Waals surface area (Å²) in [6.45, 7) is 5.47. The van der Waals surface area contributed by atoms with Crippen molar-refractivity contribution in [3.63, 3.8) is 0 Å². The number of ether oxygens (including phenoxy) is 1. The number of aliphatic hydroxyl groups excluding tert-OH is 2. The third kappa shape index (κ3) is 16.9. The van der Waals surface area contributed by atoms with E-state index in [-0.39, 0.29) is 18.3 Å². The maximum Gasteiger partial charge on any atom is 0.305 e. The maximum absolute atomic E-state index is 11.6. The van der Waals surface area contributed by atoms with Gasteiger partial charge in [-0.15, -0.1) is 0 Å². The highest BCUT2D eigenvalue weighted by Gasteiger charge is 2.13. The summed E-state index contributed by atoms with van der Waals surface area (Å²) in [4.78, 5) is 11.6. The molecule has 0 bridgehead atoms.